The molecule has 0 unspecified atom stereocenters. The van der Waals surface area contributed by atoms with Gasteiger partial charge in [0.1, 0.15) is 11.8 Å². The molecule has 164 valence electrons. The summed E-state index contributed by atoms with van der Waals surface area (Å²) in [6.45, 7) is 8.86. The van der Waals surface area contributed by atoms with Crippen molar-refractivity contribution in [1.82, 2.24) is 18.9 Å². The molecule has 2 aromatic heterocycles. The number of piperidine rings is 2. The highest BCUT2D eigenvalue weighted by atomic mass is 16.1. The molecule has 2 fully saturated rings. The highest BCUT2D eigenvalue weighted by Crippen LogP contribution is 2.36. The van der Waals surface area contributed by atoms with Crippen molar-refractivity contribution in [2.45, 2.75) is 58.2 Å². The lowest BCUT2D eigenvalue weighted by Crippen LogP contribution is -2.47. The molecule has 6 nitrogen and oxygen atoms in total. The van der Waals surface area contributed by atoms with Crippen LogP contribution in [-0.2, 0) is 26.7 Å². The van der Waals surface area contributed by atoms with Crippen LogP contribution < -0.4 is 5.56 Å². The number of nitriles is 1. The quantitative estimate of drug-likeness (QED) is 0.765. The zero-order chi connectivity index (χ0) is 21.5. The van der Waals surface area contributed by atoms with E-state index in [0.29, 0.717) is 11.8 Å². The van der Waals surface area contributed by atoms with Crippen molar-refractivity contribution >= 4 is 0 Å². The molecule has 0 N–H and O–H groups in total. The van der Waals surface area contributed by atoms with Gasteiger partial charge in [0.05, 0.1) is 0 Å². The first-order valence-corrected chi connectivity index (χ1v) is 11.8. The van der Waals surface area contributed by atoms with Gasteiger partial charge in [-0.15, -0.1) is 0 Å². The molecule has 2 saturated heterocycles. The van der Waals surface area contributed by atoms with Gasteiger partial charge in [-0.05, 0) is 62.9 Å². The molecule has 3 aliphatic rings. The topological polar surface area (TPSA) is 57.2 Å². The van der Waals surface area contributed by atoms with Crippen LogP contribution in [0.4, 0.5) is 0 Å². The molecule has 0 radical (unpaired) electrons. The van der Waals surface area contributed by atoms with Gasteiger partial charge in [0.15, 0.2) is 0 Å². The Morgan fingerprint density at radius 3 is 2.55 bits per heavy atom. The number of hydrogen-bond acceptors (Lipinski definition) is 4. The fraction of sp³-hybridized carbons (Fsp3) is 0.600. The predicted molar refractivity (Wildman–Crippen MR) is 121 cm³/mol. The fourth-order valence-corrected chi connectivity index (χ4v) is 5.97. The third kappa shape index (κ3) is 3.86. The lowest BCUT2D eigenvalue weighted by molar-refractivity contribution is 0.114. The number of aromatic nitrogens is 2. The highest BCUT2D eigenvalue weighted by molar-refractivity contribution is 5.34. The van der Waals surface area contributed by atoms with Crippen molar-refractivity contribution in [3.05, 3.63) is 56.8 Å². The smallest absolute Gasteiger partial charge is 0.255 e. The Bertz CT molecular complexity index is 1070. The van der Waals surface area contributed by atoms with Crippen LogP contribution in [-0.4, -0.2) is 45.1 Å². The number of hydrogen-bond donors (Lipinski definition) is 0. The molecule has 0 aliphatic carbocycles. The Balaban J connectivity index is 1.34. The van der Waals surface area contributed by atoms with E-state index in [1.165, 1.54) is 42.6 Å². The molecular weight excluding hydrogens is 386 g/mol. The molecule has 5 heterocycles. The van der Waals surface area contributed by atoms with Gasteiger partial charge >= 0.3 is 0 Å². The number of likely N-dealkylation sites (tertiary alicyclic amines) is 2. The van der Waals surface area contributed by atoms with Gasteiger partial charge < -0.3 is 9.13 Å². The zero-order valence-corrected chi connectivity index (χ0v) is 18.8. The molecule has 31 heavy (non-hydrogen) atoms. The van der Waals surface area contributed by atoms with E-state index in [1.807, 2.05) is 17.7 Å². The van der Waals surface area contributed by atoms with Crippen molar-refractivity contribution in [2.75, 3.05) is 26.2 Å². The Hall–Kier alpha value is -2.36. The monoisotopic (exact) mass is 419 g/mol. The van der Waals surface area contributed by atoms with Crippen molar-refractivity contribution < 1.29 is 0 Å². The second-order valence-corrected chi connectivity index (χ2v) is 9.84. The van der Waals surface area contributed by atoms with E-state index >= 15 is 0 Å². The Morgan fingerprint density at radius 1 is 1.03 bits per heavy atom. The van der Waals surface area contributed by atoms with Crippen LogP contribution >= 0.6 is 0 Å². The summed E-state index contributed by atoms with van der Waals surface area (Å²) in [5.74, 6) is 0.942. The van der Waals surface area contributed by atoms with Gasteiger partial charge in [-0.3, -0.25) is 14.6 Å². The molecule has 0 spiro atoms. The molecule has 0 aromatic carbocycles. The molecular formula is C25H33N5O. The lowest BCUT2D eigenvalue weighted by atomic mass is 9.82. The first-order valence-electron chi connectivity index (χ1n) is 11.8. The van der Waals surface area contributed by atoms with Crippen LogP contribution in [0.1, 0.15) is 59.8 Å². The molecule has 2 atom stereocenters. The van der Waals surface area contributed by atoms with Gasteiger partial charge in [-0.1, -0.05) is 12.5 Å². The van der Waals surface area contributed by atoms with E-state index in [4.69, 9.17) is 0 Å². The molecule has 3 aliphatic heterocycles. The molecule has 2 aromatic rings. The van der Waals surface area contributed by atoms with Crippen molar-refractivity contribution in [1.29, 1.82) is 5.26 Å². The summed E-state index contributed by atoms with van der Waals surface area (Å²) >= 11 is 0. The van der Waals surface area contributed by atoms with Crippen LogP contribution in [0.5, 0.6) is 0 Å². The van der Waals surface area contributed by atoms with Gasteiger partial charge in [0, 0.05) is 62.6 Å². The van der Waals surface area contributed by atoms with Crippen molar-refractivity contribution in [3.63, 3.8) is 0 Å². The summed E-state index contributed by atoms with van der Waals surface area (Å²) in [6.07, 6.45) is 5.00. The maximum absolute atomic E-state index is 13.3. The minimum atomic E-state index is 0.240. The zero-order valence-electron chi connectivity index (χ0n) is 18.8. The van der Waals surface area contributed by atoms with E-state index in [1.54, 1.807) is 0 Å². The SMILES string of the molecule is Cc1c(CN2C[C@@H]3C[C@H](C2)c2ccc(CN4CCCCC4)c(=O)n2C3)cc(C#N)n1C. The first-order chi connectivity index (χ1) is 15.0. The highest BCUT2D eigenvalue weighted by Gasteiger charge is 2.35. The maximum Gasteiger partial charge on any atom is 0.255 e. The maximum atomic E-state index is 13.3. The van der Waals surface area contributed by atoms with Crippen LogP contribution in [0.15, 0.2) is 23.0 Å². The predicted octanol–water partition coefficient (Wildman–Crippen LogP) is 2.97. The van der Waals surface area contributed by atoms with E-state index < -0.39 is 0 Å². The normalized spacial score (nSPS) is 24.0. The summed E-state index contributed by atoms with van der Waals surface area (Å²) in [5.41, 5.74) is 5.56. The molecule has 5 rings (SSSR count). The third-order valence-electron chi connectivity index (χ3n) is 7.75. The van der Waals surface area contributed by atoms with Gasteiger partial charge in [-0.2, -0.15) is 5.26 Å². The fourth-order valence-electron chi connectivity index (χ4n) is 5.97. The summed E-state index contributed by atoms with van der Waals surface area (Å²) in [5, 5.41) is 9.33. The van der Waals surface area contributed by atoms with E-state index in [0.717, 1.165) is 57.1 Å². The Morgan fingerprint density at radius 2 is 1.81 bits per heavy atom. The van der Waals surface area contributed by atoms with Gasteiger partial charge in [-0.25, -0.2) is 0 Å². The number of nitrogens with zero attached hydrogens (tertiary/aromatic N) is 5. The second kappa shape index (κ2) is 8.29. The first kappa shape index (κ1) is 20.5. The lowest BCUT2D eigenvalue weighted by Gasteiger charge is -2.43. The van der Waals surface area contributed by atoms with E-state index in [2.05, 4.69) is 39.5 Å². The van der Waals surface area contributed by atoms with E-state index in [9.17, 15) is 10.1 Å². The minimum absolute atomic E-state index is 0.240. The Labute approximate surface area is 184 Å². The van der Waals surface area contributed by atoms with Crippen LogP contribution in [0.2, 0.25) is 0 Å². The standard InChI is InChI=1S/C25H33N5O/c1-18-21(11-23(12-26)27(18)2)16-29-13-19-10-22(17-29)24-7-6-20(25(31)30(24)14-19)15-28-8-4-3-5-9-28/h6-7,11,19,22H,3-5,8-10,13-17H2,1-2H3/t19-,22+/m0/s1. The van der Waals surface area contributed by atoms with E-state index in [-0.39, 0.29) is 5.56 Å². The third-order valence-corrected chi connectivity index (χ3v) is 7.75. The minimum Gasteiger partial charge on any atom is -0.340 e. The van der Waals surface area contributed by atoms with Crippen LogP contribution in [0.3, 0.4) is 0 Å². The van der Waals surface area contributed by atoms with Crippen LogP contribution in [0.25, 0.3) is 0 Å². The summed E-state index contributed by atoms with van der Waals surface area (Å²) in [4.78, 5) is 18.3. The second-order valence-electron chi connectivity index (χ2n) is 9.84. The summed E-state index contributed by atoms with van der Waals surface area (Å²) < 4.78 is 4.08. The summed E-state index contributed by atoms with van der Waals surface area (Å²) in [6, 6.07) is 8.65. The van der Waals surface area contributed by atoms with Gasteiger partial charge in [0.25, 0.3) is 5.56 Å². The molecule has 6 heteroatoms. The van der Waals surface area contributed by atoms with Crippen molar-refractivity contribution in [2.24, 2.45) is 13.0 Å². The average molecular weight is 420 g/mol. The Kier molecular flexibility index (Phi) is 5.49. The van der Waals surface area contributed by atoms with Gasteiger partial charge in [0.2, 0.25) is 0 Å². The number of rotatable bonds is 4. The molecule has 0 saturated carbocycles. The summed E-state index contributed by atoms with van der Waals surface area (Å²) in [7, 11) is 1.96. The average Bonchev–Trinajstić information content (AvgIpc) is 3.04. The van der Waals surface area contributed by atoms with Crippen LogP contribution in [0, 0.1) is 24.2 Å². The molecule has 0 amide bonds. The number of fused-ring (bicyclic) bond motifs is 4. The van der Waals surface area contributed by atoms with Crippen molar-refractivity contribution in [3.8, 4) is 6.07 Å². The number of pyridine rings is 1. The largest absolute Gasteiger partial charge is 0.340 e. The molecule has 2 bridgehead atoms.